The highest BCUT2D eigenvalue weighted by atomic mass is 32.2. The van der Waals surface area contributed by atoms with Gasteiger partial charge in [-0.3, -0.25) is 9.59 Å². The molecule has 1 heterocycles. The molecule has 0 aromatic heterocycles. The number of allylic oxidation sites excluding steroid dienone is 1. The molecule has 138 valence electrons. The molecule has 0 saturated heterocycles. The molecule has 1 aliphatic rings. The Balaban J connectivity index is 2.21. The van der Waals surface area contributed by atoms with Crippen LogP contribution in [0, 0.1) is 11.3 Å². The van der Waals surface area contributed by atoms with Gasteiger partial charge < -0.3 is 14.8 Å². The molecule has 7 heteroatoms. The van der Waals surface area contributed by atoms with Gasteiger partial charge in [0.05, 0.1) is 35.1 Å². The monoisotopic (exact) mass is 374 g/mol. The molecular formula is C19H22N2O4S. The molecule has 1 aromatic carbocycles. The summed E-state index contributed by atoms with van der Waals surface area (Å²) in [6, 6.07) is 9.57. The van der Waals surface area contributed by atoms with Crippen LogP contribution in [0.5, 0.6) is 5.75 Å². The zero-order chi connectivity index (χ0) is 19.1. The highest BCUT2D eigenvalue weighted by molar-refractivity contribution is 8.03. The number of ether oxygens (including phenoxy) is 2. The van der Waals surface area contributed by atoms with Gasteiger partial charge >= 0.3 is 5.97 Å². The van der Waals surface area contributed by atoms with E-state index >= 15 is 0 Å². The minimum atomic E-state index is -0.382. The standard InChI is InChI=1S/C19H22N2O4S/c1-4-24-14-7-5-13(6-8-14)15-9-17(22)21-19(16(15)10-20)26-11-18(23)25-12(2)3/h5-8,12,15H,4,9,11H2,1-3H3,(H,21,22)/t15-/m0/s1. The maximum absolute atomic E-state index is 12.1. The highest BCUT2D eigenvalue weighted by Gasteiger charge is 2.30. The van der Waals surface area contributed by atoms with Gasteiger partial charge in [-0.05, 0) is 38.5 Å². The van der Waals surface area contributed by atoms with Crippen LogP contribution < -0.4 is 10.1 Å². The number of nitriles is 1. The topological polar surface area (TPSA) is 88.4 Å². The summed E-state index contributed by atoms with van der Waals surface area (Å²) in [4.78, 5) is 23.8. The van der Waals surface area contributed by atoms with Gasteiger partial charge in [0, 0.05) is 12.3 Å². The summed E-state index contributed by atoms with van der Waals surface area (Å²) >= 11 is 1.12. The third-order valence-corrected chi connectivity index (χ3v) is 4.64. The van der Waals surface area contributed by atoms with E-state index in [0.29, 0.717) is 17.2 Å². The van der Waals surface area contributed by atoms with Crippen LogP contribution in [-0.2, 0) is 14.3 Å². The first-order valence-electron chi connectivity index (χ1n) is 8.43. The van der Waals surface area contributed by atoms with Gasteiger partial charge in [-0.1, -0.05) is 23.9 Å². The Morgan fingerprint density at radius 3 is 2.65 bits per heavy atom. The number of benzene rings is 1. The molecule has 1 amide bonds. The predicted octanol–water partition coefficient (Wildman–Crippen LogP) is 3.11. The number of nitrogens with zero attached hydrogens (tertiary/aromatic N) is 1. The summed E-state index contributed by atoms with van der Waals surface area (Å²) in [5.41, 5.74) is 1.32. The van der Waals surface area contributed by atoms with Crippen molar-refractivity contribution < 1.29 is 19.1 Å². The van der Waals surface area contributed by atoms with Gasteiger partial charge in [0.25, 0.3) is 0 Å². The lowest BCUT2D eigenvalue weighted by Crippen LogP contribution is -2.31. The number of carbonyl (C=O) groups is 2. The van der Waals surface area contributed by atoms with Gasteiger partial charge in [-0.25, -0.2) is 0 Å². The van der Waals surface area contributed by atoms with Gasteiger partial charge in [-0.15, -0.1) is 0 Å². The number of amides is 1. The molecule has 1 aromatic rings. The molecule has 0 aliphatic carbocycles. The molecule has 26 heavy (non-hydrogen) atoms. The Bertz CT molecular complexity index is 735. The van der Waals surface area contributed by atoms with Crippen LogP contribution in [0.15, 0.2) is 34.9 Å². The maximum atomic E-state index is 12.1. The summed E-state index contributed by atoms with van der Waals surface area (Å²) in [5, 5.41) is 12.7. The Morgan fingerprint density at radius 1 is 1.38 bits per heavy atom. The number of rotatable bonds is 7. The quantitative estimate of drug-likeness (QED) is 0.738. The first-order chi connectivity index (χ1) is 12.4. The number of hydrogen-bond donors (Lipinski definition) is 1. The highest BCUT2D eigenvalue weighted by Crippen LogP contribution is 2.36. The fraction of sp³-hybridized carbons (Fsp3) is 0.421. The second-order valence-corrected chi connectivity index (χ2v) is 6.97. The van der Waals surface area contributed by atoms with Crippen molar-refractivity contribution in [1.29, 1.82) is 5.26 Å². The minimum Gasteiger partial charge on any atom is -0.494 e. The zero-order valence-electron chi connectivity index (χ0n) is 15.1. The molecule has 1 N–H and O–H groups in total. The van der Waals surface area contributed by atoms with Crippen molar-refractivity contribution in [2.24, 2.45) is 0 Å². The normalized spacial score (nSPS) is 16.9. The molecule has 0 spiro atoms. The van der Waals surface area contributed by atoms with Crippen LogP contribution >= 0.6 is 11.8 Å². The van der Waals surface area contributed by atoms with Crippen molar-refractivity contribution in [2.45, 2.75) is 39.2 Å². The largest absolute Gasteiger partial charge is 0.494 e. The van der Waals surface area contributed by atoms with Crippen LogP contribution in [0.4, 0.5) is 0 Å². The first-order valence-corrected chi connectivity index (χ1v) is 9.42. The third-order valence-electron chi connectivity index (χ3n) is 3.65. The van der Waals surface area contributed by atoms with E-state index in [2.05, 4.69) is 11.4 Å². The van der Waals surface area contributed by atoms with Crippen molar-refractivity contribution in [3.63, 3.8) is 0 Å². The van der Waals surface area contributed by atoms with Crippen LogP contribution in [0.25, 0.3) is 0 Å². The second kappa shape index (κ2) is 9.30. The van der Waals surface area contributed by atoms with E-state index in [9.17, 15) is 14.9 Å². The number of hydrogen-bond acceptors (Lipinski definition) is 6. The summed E-state index contributed by atoms with van der Waals surface area (Å²) in [6.45, 7) is 6.02. The van der Waals surface area contributed by atoms with Gasteiger partial charge in [0.1, 0.15) is 5.75 Å². The summed E-state index contributed by atoms with van der Waals surface area (Å²) in [6.07, 6.45) is -0.0118. The Kier molecular flexibility index (Phi) is 7.10. The van der Waals surface area contributed by atoms with E-state index in [1.807, 2.05) is 31.2 Å². The summed E-state index contributed by atoms with van der Waals surface area (Å²) < 4.78 is 10.5. The van der Waals surface area contributed by atoms with E-state index in [1.54, 1.807) is 13.8 Å². The average molecular weight is 374 g/mol. The van der Waals surface area contributed by atoms with Gasteiger partial charge in [0.2, 0.25) is 5.91 Å². The average Bonchev–Trinajstić information content (AvgIpc) is 2.60. The molecule has 0 unspecified atom stereocenters. The van der Waals surface area contributed by atoms with E-state index in [-0.39, 0.29) is 36.1 Å². The number of nitrogens with one attached hydrogen (secondary N) is 1. The van der Waals surface area contributed by atoms with Crippen LogP contribution in [0.3, 0.4) is 0 Å². The molecular weight excluding hydrogens is 352 g/mol. The second-order valence-electron chi connectivity index (χ2n) is 5.99. The summed E-state index contributed by atoms with van der Waals surface area (Å²) in [7, 11) is 0. The van der Waals surface area contributed by atoms with Crippen LogP contribution in [-0.4, -0.2) is 30.3 Å². The molecule has 1 aliphatic heterocycles. The van der Waals surface area contributed by atoms with E-state index < -0.39 is 0 Å². The Labute approximate surface area is 157 Å². The van der Waals surface area contributed by atoms with Gasteiger partial charge in [0.15, 0.2) is 0 Å². The van der Waals surface area contributed by atoms with Crippen LogP contribution in [0.2, 0.25) is 0 Å². The number of carbonyl (C=O) groups excluding carboxylic acids is 2. The fourth-order valence-corrected chi connectivity index (χ4v) is 3.47. The SMILES string of the molecule is CCOc1ccc([C@@H]2CC(=O)NC(SCC(=O)OC(C)C)=C2C#N)cc1. The van der Waals surface area contributed by atoms with Crippen molar-refractivity contribution >= 4 is 23.6 Å². The van der Waals surface area contributed by atoms with Gasteiger partial charge in [-0.2, -0.15) is 5.26 Å². The molecule has 0 radical (unpaired) electrons. The summed E-state index contributed by atoms with van der Waals surface area (Å²) in [5.74, 6) is -0.123. The molecule has 2 rings (SSSR count). The van der Waals surface area contributed by atoms with E-state index in [1.165, 1.54) is 0 Å². The molecule has 1 atom stereocenters. The van der Waals surface area contributed by atoms with E-state index in [0.717, 1.165) is 23.1 Å². The third kappa shape index (κ3) is 5.27. The van der Waals surface area contributed by atoms with Crippen molar-refractivity contribution in [3.05, 3.63) is 40.4 Å². The Morgan fingerprint density at radius 2 is 2.08 bits per heavy atom. The van der Waals surface area contributed by atoms with E-state index in [4.69, 9.17) is 9.47 Å². The molecule has 6 nitrogen and oxygen atoms in total. The lowest BCUT2D eigenvalue weighted by molar-refractivity contribution is -0.144. The Hall–Kier alpha value is -2.46. The molecule has 0 bridgehead atoms. The van der Waals surface area contributed by atoms with Crippen molar-refractivity contribution in [3.8, 4) is 11.8 Å². The maximum Gasteiger partial charge on any atom is 0.316 e. The van der Waals surface area contributed by atoms with Crippen LogP contribution in [0.1, 0.15) is 38.7 Å². The van der Waals surface area contributed by atoms with Crippen molar-refractivity contribution in [2.75, 3.05) is 12.4 Å². The fourth-order valence-electron chi connectivity index (χ4n) is 2.61. The number of esters is 1. The first kappa shape index (κ1) is 19.9. The zero-order valence-corrected chi connectivity index (χ0v) is 15.9. The lowest BCUT2D eigenvalue weighted by Gasteiger charge is -2.25. The smallest absolute Gasteiger partial charge is 0.316 e. The minimum absolute atomic E-state index is 0.0367. The van der Waals surface area contributed by atoms with Crippen molar-refractivity contribution in [1.82, 2.24) is 5.32 Å². The predicted molar refractivity (Wildman–Crippen MR) is 99.4 cm³/mol. The molecule has 0 saturated carbocycles. The lowest BCUT2D eigenvalue weighted by atomic mass is 9.87. The number of thioether (sulfide) groups is 1. The molecule has 0 fully saturated rings.